The van der Waals surface area contributed by atoms with E-state index in [1.807, 2.05) is 5.51 Å². The van der Waals surface area contributed by atoms with Crippen LogP contribution in [0.3, 0.4) is 0 Å². The van der Waals surface area contributed by atoms with E-state index in [0.717, 1.165) is 38.1 Å². The number of hydrogen-bond donors (Lipinski definition) is 1. The van der Waals surface area contributed by atoms with Crippen LogP contribution >= 0.6 is 11.3 Å². The molecule has 108 valence electrons. The number of ether oxygens (including phenoxy) is 1. The summed E-state index contributed by atoms with van der Waals surface area (Å²) in [5.41, 5.74) is 9.21. The largest absolute Gasteiger partial charge is 0.378 e. The molecule has 4 nitrogen and oxygen atoms in total. The van der Waals surface area contributed by atoms with Gasteiger partial charge in [0.15, 0.2) is 0 Å². The highest BCUT2D eigenvalue weighted by Gasteiger charge is 2.39. The van der Waals surface area contributed by atoms with Crippen LogP contribution < -0.4 is 5.73 Å². The third kappa shape index (κ3) is 3.54. The van der Waals surface area contributed by atoms with Crippen molar-refractivity contribution in [2.75, 3.05) is 20.2 Å². The van der Waals surface area contributed by atoms with Gasteiger partial charge in [0.2, 0.25) is 0 Å². The highest BCUT2D eigenvalue weighted by atomic mass is 32.1. The molecule has 2 N–H and O–H groups in total. The molecule has 0 bridgehead atoms. The zero-order valence-electron chi connectivity index (χ0n) is 12.0. The average molecular weight is 283 g/mol. The van der Waals surface area contributed by atoms with Gasteiger partial charge in [0.05, 0.1) is 17.3 Å². The molecule has 0 spiro atoms. The van der Waals surface area contributed by atoms with Crippen LogP contribution in [0, 0.1) is 0 Å². The van der Waals surface area contributed by atoms with Gasteiger partial charge in [0, 0.05) is 30.6 Å². The molecule has 0 saturated carbocycles. The molecule has 0 aromatic carbocycles. The van der Waals surface area contributed by atoms with E-state index < -0.39 is 0 Å². The van der Waals surface area contributed by atoms with E-state index in [-0.39, 0.29) is 5.54 Å². The molecule has 2 atom stereocenters. The van der Waals surface area contributed by atoms with Crippen molar-refractivity contribution in [3.05, 3.63) is 16.6 Å². The van der Waals surface area contributed by atoms with E-state index in [0.29, 0.717) is 12.6 Å². The number of nitrogens with two attached hydrogens (primary N) is 1. The summed E-state index contributed by atoms with van der Waals surface area (Å²) in [6.07, 6.45) is 4.72. The Morgan fingerprint density at radius 2 is 2.47 bits per heavy atom. The second kappa shape index (κ2) is 6.79. The van der Waals surface area contributed by atoms with Crippen molar-refractivity contribution >= 4 is 11.3 Å². The summed E-state index contributed by atoms with van der Waals surface area (Å²) in [6.45, 7) is 4.60. The maximum Gasteiger partial charge on any atom is 0.0795 e. The number of nitrogens with zero attached hydrogens (tertiary/aromatic N) is 2. The molecule has 2 heterocycles. The fourth-order valence-corrected chi connectivity index (χ4v) is 3.47. The summed E-state index contributed by atoms with van der Waals surface area (Å²) in [5, 5.41) is 2.11. The number of aromatic nitrogens is 1. The van der Waals surface area contributed by atoms with E-state index in [4.69, 9.17) is 10.5 Å². The summed E-state index contributed by atoms with van der Waals surface area (Å²) in [6, 6.07) is 0. The fraction of sp³-hybridized carbons (Fsp3) is 0.786. The van der Waals surface area contributed by atoms with Crippen molar-refractivity contribution < 1.29 is 4.74 Å². The Bertz CT molecular complexity index is 369. The van der Waals surface area contributed by atoms with Crippen LogP contribution in [0.4, 0.5) is 0 Å². The van der Waals surface area contributed by atoms with Crippen LogP contribution in [-0.2, 0) is 11.3 Å². The van der Waals surface area contributed by atoms with Crippen molar-refractivity contribution in [1.82, 2.24) is 9.88 Å². The Morgan fingerprint density at radius 3 is 3.11 bits per heavy atom. The van der Waals surface area contributed by atoms with Crippen molar-refractivity contribution in [1.29, 1.82) is 0 Å². The Kier molecular flexibility index (Phi) is 5.33. The van der Waals surface area contributed by atoms with Gasteiger partial charge in [-0.25, -0.2) is 4.98 Å². The SMILES string of the molecule is CCCC1CC(CN)(N(C)Cc2cscn2)CCO1. The first-order valence-corrected chi connectivity index (χ1v) is 8.04. The van der Waals surface area contributed by atoms with Crippen LogP contribution in [0.2, 0.25) is 0 Å². The molecular weight excluding hydrogens is 258 g/mol. The van der Waals surface area contributed by atoms with E-state index in [9.17, 15) is 0 Å². The monoisotopic (exact) mass is 283 g/mol. The highest BCUT2D eigenvalue weighted by Crippen LogP contribution is 2.32. The average Bonchev–Trinajstić information content (AvgIpc) is 2.92. The minimum atomic E-state index is 0.0711. The molecule has 1 fully saturated rings. The third-order valence-corrected chi connectivity index (χ3v) is 4.85. The molecule has 19 heavy (non-hydrogen) atoms. The molecule has 1 aliphatic heterocycles. The molecule has 1 saturated heterocycles. The molecule has 5 heteroatoms. The lowest BCUT2D eigenvalue weighted by Crippen LogP contribution is -2.56. The summed E-state index contributed by atoms with van der Waals surface area (Å²) in [5.74, 6) is 0. The standard InChI is InChI=1S/C14H25N3OS/c1-3-4-13-7-14(10-15,5-6-18-13)17(2)8-12-9-19-11-16-12/h9,11,13H,3-8,10,15H2,1-2H3. The lowest BCUT2D eigenvalue weighted by Gasteiger charge is -2.46. The van der Waals surface area contributed by atoms with Gasteiger partial charge in [-0.2, -0.15) is 0 Å². The van der Waals surface area contributed by atoms with Gasteiger partial charge in [0.1, 0.15) is 0 Å². The zero-order chi connectivity index (χ0) is 13.7. The van der Waals surface area contributed by atoms with Crippen LogP contribution in [0.5, 0.6) is 0 Å². The number of likely N-dealkylation sites (N-methyl/N-ethyl adjacent to an activating group) is 1. The Balaban J connectivity index is 2.03. The minimum Gasteiger partial charge on any atom is -0.378 e. The number of rotatable bonds is 6. The van der Waals surface area contributed by atoms with Gasteiger partial charge >= 0.3 is 0 Å². The van der Waals surface area contributed by atoms with Crippen molar-refractivity contribution in [3.63, 3.8) is 0 Å². The fourth-order valence-electron chi connectivity index (χ4n) is 2.92. The second-order valence-corrected chi connectivity index (χ2v) is 6.22. The summed E-state index contributed by atoms with van der Waals surface area (Å²) in [7, 11) is 2.17. The van der Waals surface area contributed by atoms with Gasteiger partial charge in [-0.05, 0) is 26.3 Å². The van der Waals surface area contributed by atoms with E-state index in [2.05, 4.69) is 29.2 Å². The lowest BCUT2D eigenvalue weighted by atomic mass is 9.84. The molecule has 0 radical (unpaired) electrons. The molecule has 0 aliphatic carbocycles. The maximum atomic E-state index is 6.11. The van der Waals surface area contributed by atoms with Crippen LogP contribution in [0.25, 0.3) is 0 Å². The van der Waals surface area contributed by atoms with Gasteiger partial charge in [0.25, 0.3) is 0 Å². The normalized spacial score (nSPS) is 27.9. The Hall–Kier alpha value is -0.490. The first-order valence-electron chi connectivity index (χ1n) is 7.10. The predicted molar refractivity (Wildman–Crippen MR) is 79.2 cm³/mol. The van der Waals surface area contributed by atoms with Gasteiger partial charge in [-0.15, -0.1) is 11.3 Å². The molecule has 0 amide bonds. The van der Waals surface area contributed by atoms with E-state index in [1.54, 1.807) is 11.3 Å². The van der Waals surface area contributed by atoms with Gasteiger partial charge < -0.3 is 10.5 Å². The number of hydrogen-bond acceptors (Lipinski definition) is 5. The number of thiazole rings is 1. The molecule has 1 aliphatic rings. The van der Waals surface area contributed by atoms with Crippen LogP contribution in [-0.4, -0.2) is 41.7 Å². The minimum absolute atomic E-state index is 0.0711. The van der Waals surface area contributed by atoms with Crippen molar-refractivity contribution in [2.24, 2.45) is 5.73 Å². The van der Waals surface area contributed by atoms with Gasteiger partial charge in [-0.3, -0.25) is 4.90 Å². The van der Waals surface area contributed by atoms with Crippen molar-refractivity contribution in [2.45, 2.75) is 50.8 Å². The summed E-state index contributed by atoms with van der Waals surface area (Å²) < 4.78 is 5.87. The third-order valence-electron chi connectivity index (χ3n) is 4.21. The first kappa shape index (κ1) is 14.9. The quantitative estimate of drug-likeness (QED) is 0.870. The van der Waals surface area contributed by atoms with Crippen LogP contribution in [0.1, 0.15) is 38.3 Å². The molecule has 2 unspecified atom stereocenters. The lowest BCUT2D eigenvalue weighted by molar-refractivity contribution is -0.0693. The molecule has 1 aromatic heterocycles. The zero-order valence-corrected chi connectivity index (χ0v) is 12.8. The van der Waals surface area contributed by atoms with E-state index >= 15 is 0 Å². The second-order valence-electron chi connectivity index (χ2n) is 5.50. The van der Waals surface area contributed by atoms with Gasteiger partial charge in [-0.1, -0.05) is 13.3 Å². The highest BCUT2D eigenvalue weighted by molar-refractivity contribution is 7.07. The Labute approximate surface area is 120 Å². The maximum absolute atomic E-state index is 6.11. The first-order chi connectivity index (χ1) is 9.20. The van der Waals surface area contributed by atoms with Crippen molar-refractivity contribution in [3.8, 4) is 0 Å². The molecule has 1 aromatic rings. The molecule has 2 rings (SSSR count). The van der Waals surface area contributed by atoms with E-state index in [1.165, 1.54) is 6.42 Å². The topological polar surface area (TPSA) is 51.4 Å². The smallest absolute Gasteiger partial charge is 0.0795 e. The molecular formula is C14H25N3OS. The predicted octanol–water partition coefficient (Wildman–Crippen LogP) is 2.25. The summed E-state index contributed by atoms with van der Waals surface area (Å²) in [4.78, 5) is 6.76. The summed E-state index contributed by atoms with van der Waals surface area (Å²) >= 11 is 1.65. The Morgan fingerprint density at radius 1 is 1.63 bits per heavy atom. The van der Waals surface area contributed by atoms with Crippen LogP contribution in [0.15, 0.2) is 10.9 Å².